The van der Waals surface area contributed by atoms with Gasteiger partial charge in [0.15, 0.2) is 0 Å². The van der Waals surface area contributed by atoms with Gasteiger partial charge in [0.2, 0.25) is 0 Å². The third kappa shape index (κ3) is 4.32. The molecule has 4 nitrogen and oxygen atoms in total. The molecule has 0 aliphatic carbocycles. The summed E-state index contributed by atoms with van der Waals surface area (Å²) >= 11 is 0. The molecule has 0 saturated carbocycles. The summed E-state index contributed by atoms with van der Waals surface area (Å²) in [5.74, 6) is 0.620. The fraction of sp³-hybridized carbons (Fsp3) is 0.320. The van der Waals surface area contributed by atoms with Crippen molar-refractivity contribution in [2.75, 3.05) is 32.7 Å². The lowest BCUT2D eigenvalue weighted by atomic mass is 9.72. The topological polar surface area (TPSA) is 32.8 Å². The van der Waals surface area contributed by atoms with Crippen molar-refractivity contribution in [3.05, 3.63) is 71.8 Å². The molecule has 0 unspecified atom stereocenters. The van der Waals surface area contributed by atoms with Crippen LogP contribution >= 0.6 is 0 Å². The molecule has 2 aliphatic rings. The molecule has 9 heteroatoms. The molecule has 178 valence electrons. The standard InChI is InChI=1S/C25H21F5N2O2/c26-22(27)11-31-12-24(13-31)14-32(15-24)23(33)17-4-9-20-16(10-17)2-1-3-21(20)34-19-7-5-18(6-8-19)25(28,29)30/h1-10,22H,11-15H2. The average Bonchev–Trinajstić information content (AvgIpc) is 2.73. The van der Waals surface area contributed by atoms with Crippen LogP contribution in [0.15, 0.2) is 60.7 Å². The summed E-state index contributed by atoms with van der Waals surface area (Å²) in [6.07, 6.45) is -6.76. The second kappa shape index (κ2) is 8.23. The number of halogens is 5. The van der Waals surface area contributed by atoms with E-state index < -0.39 is 18.2 Å². The Morgan fingerprint density at radius 1 is 0.971 bits per heavy atom. The highest BCUT2D eigenvalue weighted by Crippen LogP contribution is 2.41. The molecule has 3 aromatic rings. The Hall–Kier alpha value is -3.20. The van der Waals surface area contributed by atoms with E-state index in [1.54, 1.807) is 40.1 Å². The number of nitrogens with zero attached hydrogens (tertiary/aromatic N) is 2. The first kappa shape index (κ1) is 22.6. The molecule has 1 spiro atoms. The lowest BCUT2D eigenvalue weighted by molar-refractivity contribution is -0.137. The number of benzene rings is 3. The van der Waals surface area contributed by atoms with Crippen molar-refractivity contribution in [2.45, 2.75) is 12.6 Å². The van der Waals surface area contributed by atoms with Gasteiger partial charge in [-0.15, -0.1) is 0 Å². The van der Waals surface area contributed by atoms with Crippen molar-refractivity contribution in [3.8, 4) is 11.5 Å². The Kier molecular flexibility index (Phi) is 5.47. The van der Waals surface area contributed by atoms with Gasteiger partial charge in [0.05, 0.1) is 12.1 Å². The third-order valence-corrected chi connectivity index (χ3v) is 6.35. The number of carbonyl (C=O) groups excluding carboxylic acids is 1. The molecule has 0 aromatic heterocycles. The number of hydrogen-bond acceptors (Lipinski definition) is 3. The Bertz CT molecular complexity index is 1210. The van der Waals surface area contributed by atoms with Crippen LogP contribution in [0.3, 0.4) is 0 Å². The van der Waals surface area contributed by atoms with Gasteiger partial charge in [-0.2, -0.15) is 13.2 Å². The molecule has 3 aromatic carbocycles. The van der Waals surface area contributed by atoms with E-state index >= 15 is 0 Å². The highest BCUT2D eigenvalue weighted by atomic mass is 19.4. The molecule has 2 aliphatic heterocycles. The number of likely N-dealkylation sites (tertiary alicyclic amines) is 2. The zero-order chi connectivity index (χ0) is 24.1. The van der Waals surface area contributed by atoms with Gasteiger partial charge in [0, 0.05) is 42.5 Å². The smallest absolute Gasteiger partial charge is 0.416 e. The number of alkyl halides is 5. The van der Waals surface area contributed by atoms with Crippen molar-refractivity contribution in [3.63, 3.8) is 0 Å². The van der Waals surface area contributed by atoms with E-state index in [4.69, 9.17) is 4.74 Å². The van der Waals surface area contributed by atoms with Gasteiger partial charge in [-0.05, 0) is 53.9 Å². The first-order valence-electron chi connectivity index (χ1n) is 10.8. The van der Waals surface area contributed by atoms with E-state index in [9.17, 15) is 26.7 Å². The van der Waals surface area contributed by atoms with Gasteiger partial charge in [0.25, 0.3) is 12.3 Å². The average molecular weight is 476 g/mol. The molecule has 2 heterocycles. The summed E-state index contributed by atoms with van der Waals surface area (Å²) in [6.45, 7) is 2.06. The van der Waals surface area contributed by atoms with E-state index in [0.29, 0.717) is 37.5 Å². The lowest BCUT2D eigenvalue weighted by Gasteiger charge is -2.60. The second-order valence-corrected chi connectivity index (χ2v) is 9.04. The maximum Gasteiger partial charge on any atom is 0.416 e. The molecular weight excluding hydrogens is 455 g/mol. The summed E-state index contributed by atoms with van der Waals surface area (Å²) in [5.41, 5.74) is -0.306. The Balaban J connectivity index is 1.26. The van der Waals surface area contributed by atoms with Crippen molar-refractivity contribution in [1.82, 2.24) is 9.80 Å². The summed E-state index contributed by atoms with van der Waals surface area (Å²) in [4.78, 5) is 16.4. The Morgan fingerprint density at radius 3 is 2.32 bits per heavy atom. The molecule has 34 heavy (non-hydrogen) atoms. The van der Waals surface area contributed by atoms with Crippen molar-refractivity contribution in [2.24, 2.45) is 5.41 Å². The van der Waals surface area contributed by atoms with Crippen LogP contribution in [0, 0.1) is 5.41 Å². The van der Waals surface area contributed by atoms with Gasteiger partial charge >= 0.3 is 6.18 Å². The minimum absolute atomic E-state index is 0.0654. The van der Waals surface area contributed by atoms with Gasteiger partial charge in [-0.25, -0.2) is 8.78 Å². The minimum Gasteiger partial charge on any atom is -0.457 e. The normalized spacial score (nSPS) is 17.6. The van der Waals surface area contributed by atoms with Crippen LogP contribution in [-0.2, 0) is 6.18 Å². The molecular formula is C25H21F5N2O2. The lowest BCUT2D eigenvalue weighted by Crippen LogP contribution is -2.73. The second-order valence-electron chi connectivity index (χ2n) is 9.04. The number of amides is 1. The highest BCUT2D eigenvalue weighted by Gasteiger charge is 2.53. The minimum atomic E-state index is -4.42. The fourth-order valence-electron chi connectivity index (χ4n) is 4.83. The maximum absolute atomic E-state index is 12.9. The van der Waals surface area contributed by atoms with Crippen LogP contribution in [0.4, 0.5) is 22.0 Å². The van der Waals surface area contributed by atoms with Crippen LogP contribution in [0.5, 0.6) is 11.5 Å². The van der Waals surface area contributed by atoms with Crippen LogP contribution in [-0.4, -0.2) is 54.9 Å². The van der Waals surface area contributed by atoms with Gasteiger partial charge in [0.1, 0.15) is 11.5 Å². The first-order valence-corrected chi connectivity index (χ1v) is 10.8. The molecule has 5 rings (SSSR count). The van der Waals surface area contributed by atoms with Crippen LogP contribution in [0.2, 0.25) is 0 Å². The largest absolute Gasteiger partial charge is 0.457 e. The molecule has 1 amide bonds. The monoisotopic (exact) mass is 476 g/mol. The number of fused-ring (bicyclic) bond motifs is 1. The van der Waals surface area contributed by atoms with E-state index in [-0.39, 0.29) is 23.6 Å². The summed E-state index contributed by atoms with van der Waals surface area (Å²) in [5, 5.41) is 1.48. The highest BCUT2D eigenvalue weighted by molar-refractivity contribution is 6.00. The van der Waals surface area contributed by atoms with E-state index in [0.717, 1.165) is 22.9 Å². The van der Waals surface area contributed by atoms with Gasteiger partial charge in [-0.3, -0.25) is 9.69 Å². The number of ether oxygens (including phenoxy) is 1. The van der Waals surface area contributed by atoms with E-state index in [1.165, 1.54) is 12.1 Å². The Labute approximate surface area is 192 Å². The number of hydrogen-bond donors (Lipinski definition) is 0. The Morgan fingerprint density at radius 2 is 1.68 bits per heavy atom. The van der Waals surface area contributed by atoms with Crippen LogP contribution in [0.25, 0.3) is 10.8 Å². The van der Waals surface area contributed by atoms with Crippen LogP contribution in [0.1, 0.15) is 15.9 Å². The van der Waals surface area contributed by atoms with Crippen molar-refractivity contribution >= 4 is 16.7 Å². The fourth-order valence-corrected chi connectivity index (χ4v) is 4.83. The maximum atomic E-state index is 12.9. The predicted molar refractivity (Wildman–Crippen MR) is 116 cm³/mol. The molecule has 2 fully saturated rings. The zero-order valence-corrected chi connectivity index (χ0v) is 18.0. The van der Waals surface area contributed by atoms with E-state index in [2.05, 4.69) is 0 Å². The zero-order valence-electron chi connectivity index (χ0n) is 18.0. The predicted octanol–water partition coefficient (Wildman–Crippen LogP) is 5.67. The third-order valence-electron chi connectivity index (χ3n) is 6.35. The molecule has 0 radical (unpaired) electrons. The van der Waals surface area contributed by atoms with Crippen LogP contribution < -0.4 is 4.74 Å². The SMILES string of the molecule is O=C(c1ccc2c(Oc3ccc(C(F)(F)F)cc3)cccc2c1)N1CC2(CN(CC(F)F)C2)C1. The van der Waals surface area contributed by atoms with Crippen molar-refractivity contribution < 1.29 is 31.5 Å². The molecule has 0 atom stereocenters. The number of rotatable bonds is 5. The van der Waals surface area contributed by atoms with Gasteiger partial charge in [-0.1, -0.05) is 12.1 Å². The molecule has 0 N–H and O–H groups in total. The van der Waals surface area contributed by atoms with E-state index in [1.807, 2.05) is 6.07 Å². The quantitative estimate of drug-likeness (QED) is 0.445. The summed E-state index contributed by atoms with van der Waals surface area (Å²) in [6, 6.07) is 15.0. The van der Waals surface area contributed by atoms with Gasteiger partial charge < -0.3 is 9.64 Å². The summed E-state index contributed by atoms with van der Waals surface area (Å²) in [7, 11) is 0. The van der Waals surface area contributed by atoms with Crippen molar-refractivity contribution in [1.29, 1.82) is 0 Å². The first-order chi connectivity index (χ1) is 16.1. The summed E-state index contributed by atoms with van der Waals surface area (Å²) < 4.78 is 69.1. The molecule has 0 bridgehead atoms. The molecule has 2 saturated heterocycles. The number of carbonyl (C=O) groups is 1.